The first kappa shape index (κ1) is 28.6. The molecule has 3 aliphatic rings. The highest BCUT2D eigenvalue weighted by molar-refractivity contribution is 5.75. The third-order valence-corrected chi connectivity index (χ3v) is 10.3. The highest BCUT2D eigenvalue weighted by Gasteiger charge is 2.33. The molecule has 0 aromatic heterocycles. The number of carbonyl (C=O) groups excluding carboxylic acids is 1. The van der Waals surface area contributed by atoms with Crippen molar-refractivity contribution in [3.05, 3.63) is 29.6 Å². The Morgan fingerprint density at radius 3 is 1.92 bits per heavy atom. The van der Waals surface area contributed by atoms with Gasteiger partial charge in [-0.3, -0.25) is 4.79 Å². The van der Waals surface area contributed by atoms with Gasteiger partial charge in [0.25, 0.3) is 0 Å². The molecule has 1 aromatic carbocycles. The van der Waals surface area contributed by atoms with E-state index in [2.05, 4.69) is 13.8 Å². The van der Waals surface area contributed by atoms with Gasteiger partial charge in [-0.25, -0.2) is 4.39 Å². The van der Waals surface area contributed by atoms with Gasteiger partial charge >= 0.3 is 5.97 Å². The normalized spacial score (nSPS) is 30.7. The van der Waals surface area contributed by atoms with Crippen LogP contribution in [0.3, 0.4) is 0 Å². The number of unbranched alkanes of at least 4 members (excludes halogenated alkanes) is 1. The van der Waals surface area contributed by atoms with Crippen LogP contribution >= 0.6 is 0 Å². The summed E-state index contributed by atoms with van der Waals surface area (Å²) >= 11 is 0. The van der Waals surface area contributed by atoms with Crippen LogP contribution in [0, 0.1) is 41.3 Å². The van der Waals surface area contributed by atoms with Gasteiger partial charge in [0.2, 0.25) is 0 Å². The molecule has 208 valence electrons. The molecule has 4 rings (SSSR count). The predicted octanol–water partition coefficient (Wildman–Crippen LogP) is 10.1. The smallest absolute Gasteiger partial charge is 0.314 e. The molecule has 37 heavy (non-hydrogen) atoms. The molecule has 0 atom stereocenters. The fraction of sp³-hybridized carbons (Fsp3) is 0.794. The van der Waals surface area contributed by atoms with E-state index >= 15 is 0 Å². The Morgan fingerprint density at radius 1 is 0.757 bits per heavy atom. The highest BCUT2D eigenvalue weighted by atomic mass is 19.1. The zero-order chi connectivity index (χ0) is 26.0. The highest BCUT2D eigenvalue weighted by Crippen LogP contribution is 2.42. The van der Waals surface area contributed by atoms with Crippen LogP contribution in [0.5, 0.6) is 5.75 Å². The van der Waals surface area contributed by atoms with Crippen LogP contribution in [0.15, 0.2) is 18.2 Å². The zero-order valence-corrected chi connectivity index (χ0v) is 23.8. The van der Waals surface area contributed by atoms with E-state index in [-0.39, 0.29) is 23.5 Å². The van der Waals surface area contributed by atoms with E-state index in [0.717, 1.165) is 73.7 Å². The van der Waals surface area contributed by atoms with Gasteiger partial charge in [-0.05, 0) is 98.7 Å². The Hall–Kier alpha value is -1.38. The van der Waals surface area contributed by atoms with Gasteiger partial charge in [-0.15, -0.1) is 0 Å². The summed E-state index contributed by atoms with van der Waals surface area (Å²) < 4.78 is 20.4. The second-order valence-electron chi connectivity index (χ2n) is 12.9. The number of esters is 1. The van der Waals surface area contributed by atoms with Crippen LogP contribution in [0.4, 0.5) is 4.39 Å². The Morgan fingerprint density at radius 2 is 1.32 bits per heavy atom. The van der Waals surface area contributed by atoms with Gasteiger partial charge in [0.15, 0.2) is 11.6 Å². The first-order chi connectivity index (χ1) is 18.1. The van der Waals surface area contributed by atoms with E-state index in [0.29, 0.717) is 0 Å². The number of carbonyl (C=O) groups is 1. The Kier molecular flexibility index (Phi) is 11.4. The van der Waals surface area contributed by atoms with E-state index in [1.54, 1.807) is 12.1 Å². The van der Waals surface area contributed by atoms with Gasteiger partial charge in [0.05, 0.1) is 5.92 Å². The average molecular weight is 513 g/mol. The minimum absolute atomic E-state index is 0.0702. The second-order valence-corrected chi connectivity index (χ2v) is 12.9. The van der Waals surface area contributed by atoms with Gasteiger partial charge in [0.1, 0.15) is 0 Å². The number of rotatable bonds is 11. The van der Waals surface area contributed by atoms with Crippen LogP contribution in [0.2, 0.25) is 0 Å². The summed E-state index contributed by atoms with van der Waals surface area (Å²) in [4.78, 5) is 12.8. The molecule has 0 amide bonds. The summed E-state index contributed by atoms with van der Waals surface area (Å²) in [5.74, 6) is 3.72. The molecule has 0 saturated heterocycles. The molecule has 0 unspecified atom stereocenters. The van der Waals surface area contributed by atoms with Crippen molar-refractivity contribution in [1.29, 1.82) is 0 Å². The number of hydrogen-bond acceptors (Lipinski definition) is 2. The summed E-state index contributed by atoms with van der Waals surface area (Å²) in [6.45, 7) is 4.58. The van der Waals surface area contributed by atoms with Crippen molar-refractivity contribution in [1.82, 2.24) is 0 Å². The molecule has 0 N–H and O–H groups in total. The van der Waals surface area contributed by atoms with Crippen molar-refractivity contribution in [3.63, 3.8) is 0 Å². The van der Waals surface area contributed by atoms with Gasteiger partial charge in [-0.2, -0.15) is 0 Å². The maximum Gasteiger partial charge on any atom is 0.314 e. The lowest BCUT2D eigenvalue weighted by atomic mass is 9.69. The van der Waals surface area contributed by atoms with Crippen molar-refractivity contribution < 1.29 is 13.9 Å². The summed E-state index contributed by atoms with van der Waals surface area (Å²) in [5.41, 5.74) is 1.03. The number of benzene rings is 1. The lowest BCUT2D eigenvalue weighted by molar-refractivity contribution is -0.140. The van der Waals surface area contributed by atoms with Crippen LogP contribution in [-0.2, 0) is 11.2 Å². The molecule has 0 aliphatic heterocycles. The number of aryl methyl sites for hydroxylation is 1. The summed E-state index contributed by atoms with van der Waals surface area (Å²) in [6, 6.07) is 5.25. The molecule has 2 nitrogen and oxygen atoms in total. The number of ether oxygens (including phenoxy) is 1. The molecular formula is C34H53FO2. The van der Waals surface area contributed by atoms with Gasteiger partial charge in [-0.1, -0.05) is 90.5 Å². The molecule has 1 aromatic rings. The molecule has 3 aliphatic carbocycles. The minimum Gasteiger partial charge on any atom is -0.423 e. The second kappa shape index (κ2) is 14.7. The predicted molar refractivity (Wildman–Crippen MR) is 151 cm³/mol. The minimum atomic E-state index is -0.383. The Labute approximate surface area is 226 Å². The van der Waals surface area contributed by atoms with Crippen LogP contribution in [0.1, 0.15) is 135 Å². The molecule has 0 spiro atoms. The van der Waals surface area contributed by atoms with Crippen molar-refractivity contribution in [2.24, 2.45) is 35.5 Å². The lowest BCUT2D eigenvalue weighted by Gasteiger charge is -2.37. The zero-order valence-electron chi connectivity index (χ0n) is 23.8. The molecule has 3 saturated carbocycles. The third kappa shape index (κ3) is 8.56. The third-order valence-electron chi connectivity index (χ3n) is 10.3. The van der Waals surface area contributed by atoms with Gasteiger partial charge in [0, 0.05) is 0 Å². The summed E-state index contributed by atoms with van der Waals surface area (Å²) in [6.07, 6.45) is 23.8. The maximum absolute atomic E-state index is 14.8. The largest absolute Gasteiger partial charge is 0.423 e. The quantitative estimate of drug-likeness (QED) is 0.218. The molecule has 3 heteroatoms. The van der Waals surface area contributed by atoms with Gasteiger partial charge < -0.3 is 4.74 Å². The lowest BCUT2D eigenvalue weighted by Crippen LogP contribution is -2.30. The molecular weight excluding hydrogens is 459 g/mol. The molecule has 3 fully saturated rings. The van der Waals surface area contributed by atoms with E-state index in [9.17, 15) is 9.18 Å². The van der Waals surface area contributed by atoms with Crippen molar-refractivity contribution >= 4 is 5.97 Å². The van der Waals surface area contributed by atoms with E-state index in [1.165, 1.54) is 83.5 Å². The van der Waals surface area contributed by atoms with E-state index < -0.39 is 0 Å². The van der Waals surface area contributed by atoms with E-state index in [4.69, 9.17) is 4.74 Å². The first-order valence-electron chi connectivity index (χ1n) is 16.1. The summed E-state index contributed by atoms with van der Waals surface area (Å²) in [7, 11) is 0. The molecule has 0 radical (unpaired) electrons. The van der Waals surface area contributed by atoms with Crippen LogP contribution in [-0.4, -0.2) is 5.97 Å². The average Bonchev–Trinajstić information content (AvgIpc) is 2.93. The topological polar surface area (TPSA) is 26.3 Å². The summed E-state index contributed by atoms with van der Waals surface area (Å²) in [5, 5.41) is 0. The van der Waals surface area contributed by atoms with Crippen molar-refractivity contribution in [2.45, 2.75) is 136 Å². The van der Waals surface area contributed by atoms with E-state index in [1.807, 2.05) is 6.07 Å². The molecule has 0 bridgehead atoms. The number of halogens is 1. The molecule has 0 heterocycles. The monoisotopic (exact) mass is 512 g/mol. The maximum atomic E-state index is 14.8. The number of hydrogen-bond donors (Lipinski definition) is 0. The fourth-order valence-corrected chi connectivity index (χ4v) is 7.83. The fourth-order valence-electron chi connectivity index (χ4n) is 7.83. The first-order valence-corrected chi connectivity index (χ1v) is 16.1. The SMILES string of the molecule is CCCCC1CCC(CCc2ccc(OC(=O)C3CCC(C4CCC(CCC)CC4)CC3)c(F)c2)CC1. The Bertz CT molecular complexity index is 811. The standard InChI is InChI=1S/C34H53FO2/c1-3-5-7-26-8-10-27(11-9-26)12-13-28-16-23-33(32(35)24-28)37-34(36)31-21-19-30(20-22-31)29-17-14-25(6-4-2)15-18-29/h16,23-27,29-31H,3-15,17-22H2,1-2H3. The van der Waals surface area contributed by atoms with Crippen LogP contribution in [0.25, 0.3) is 0 Å². The van der Waals surface area contributed by atoms with Crippen molar-refractivity contribution in [2.75, 3.05) is 0 Å². The van der Waals surface area contributed by atoms with Crippen molar-refractivity contribution in [3.8, 4) is 5.75 Å². The Balaban J connectivity index is 1.16. The van der Waals surface area contributed by atoms with Crippen LogP contribution < -0.4 is 4.74 Å².